The number of aliphatic hydroxyl groups excluding tert-OH is 1. The fraction of sp³-hybridized carbons (Fsp3) is 0.667. The van der Waals surface area contributed by atoms with Crippen LogP contribution in [-0.2, 0) is 4.79 Å². The topological polar surface area (TPSA) is 37.3 Å². The van der Waals surface area contributed by atoms with Gasteiger partial charge in [-0.3, -0.25) is 4.79 Å². The Labute approximate surface area is 44.3 Å². The van der Waals surface area contributed by atoms with E-state index in [-0.39, 0.29) is 5.33 Å². The average Bonchev–Trinajstić information content (AvgIpc) is 1.65. The van der Waals surface area contributed by atoms with E-state index in [1.807, 2.05) is 0 Å². The van der Waals surface area contributed by atoms with Gasteiger partial charge in [-0.25, -0.2) is 0 Å². The molecule has 0 aliphatic rings. The molecule has 0 rings (SSSR count). The zero-order chi connectivity index (χ0) is 4.99. The van der Waals surface area contributed by atoms with E-state index in [9.17, 15) is 4.79 Å². The lowest BCUT2D eigenvalue weighted by Gasteiger charge is -1.86. The SMILES string of the molecule is O=[C]C(O)CBr. The van der Waals surface area contributed by atoms with Crippen molar-refractivity contribution in [2.24, 2.45) is 0 Å². The van der Waals surface area contributed by atoms with Gasteiger partial charge in [-0.15, -0.1) is 0 Å². The Morgan fingerprint density at radius 3 is 2.50 bits per heavy atom. The van der Waals surface area contributed by atoms with Crippen molar-refractivity contribution < 1.29 is 9.90 Å². The first kappa shape index (κ1) is 6.11. The molecule has 1 radical (unpaired) electrons. The summed E-state index contributed by atoms with van der Waals surface area (Å²) >= 11 is 2.86. The molecule has 1 atom stereocenters. The van der Waals surface area contributed by atoms with Crippen LogP contribution in [0.3, 0.4) is 0 Å². The largest absolute Gasteiger partial charge is 0.384 e. The third-order valence-corrected chi connectivity index (χ3v) is 0.895. The van der Waals surface area contributed by atoms with Crippen molar-refractivity contribution in [3.8, 4) is 0 Å². The summed E-state index contributed by atoms with van der Waals surface area (Å²) in [7, 11) is 0. The second-order valence-electron chi connectivity index (χ2n) is 0.788. The Kier molecular flexibility index (Phi) is 3.37. The van der Waals surface area contributed by atoms with Crippen LogP contribution in [0.1, 0.15) is 0 Å². The Morgan fingerprint density at radius 1 is 2.00 bits per heavy atom. The normalized spacial score (nSPS) is 13.7. The minimum absolute atomic E-state index is 0.274. The Hall–Kier alpha value is 0.110. The third kappa shape index (κ3) is 2.35. The van der Waals surface area contributed by atoms with Crippen LogP contribution in [0.2, 0.25) is 0 Å². The molecule has 1 unspecified atom stereocenters. The van der Waals surface area contributed by atoms with Gasteiger partial charge < -0.3 is 5.11 Å². The number of rotatable bonds is 2. The van der Waals surface area contributed by atoms with Crippen molar-refractivity contribution in [2.45, 2.75) is 6.10 Å². The summed E-state index contributed by atoms with van der Waals surface area (Å²) in [6.45, 7) is 0. The van der Waals surface area contributed by atoms with E-state index in [1.165, 1.54) is 6.29 Å². The summed E-state index contributed by atoms with van der Waals surface area (Å²) < 4.78 is 0. The van der Waals surface area contributed by atoms with Crippen molar-refractivity contribution in [2.75, 3.05) is 5.33 Å². The maximum atomic E-state index is 9.33. The molecule has 35 valence electrons. The molecule has 0 aromatic carbocycles. The van der Waals surface area contributed by atoms with Gasteiger partial charge in [0.2, 0.25) is 6.29 Å². The van der Waals surface area contributed by atoms with Crippen molar-refractivity contribution in [1.29, 1.82) is 0 Å². The summed E-state index contributed by atoms with van der Waals surface area (Å²) in [5, 5.41) is 8.47. The molecule has 2 nitrogen and oxygen atoms in total. The van der Waals surface area contributed by atoms with Crippen LogP contribution < -0.4 is 0 Å². The number of carbonyl (C=O) groups excluding carboxylic acids is 1. The number of hydrogen-bond donors (Lipinski definition) is 1. The maximum Gasteiger partial charge on any atom is 0.230 e. The van der Waals surface area contributed by atoms with E-state index in [0.717, 1.165) is 0 Å². The van der Waals surface area contributed by atoms with Crippen LogP contribution >= 0.6 is 15.9 Å². The predicted octanol–water partition coefficient (Wildman–Crippen LogP) is -0.148. The Balaban J connectivity index is 2.96. The molecule has 0 aromatic rings. The summed E-state index contributed by atoms with van der Waals surface area (Å²) in [5.74, 6) is 0. The summed E-state index contributed by atoms with van der Waals surface area (Å²) in [6.07, 6.45) is 0.420. The first-order valence-corrected chi connectivity index (χ1v) is 2.55. The molecule has 6 heavy (non-hydrogen) atoms. The zero-order valence-electron chi connectivity index (χ0n) is 3.02. The molecule has 0 amide bonds. The van der Waals surface area contributed by atoms with Crippen LogP contribution in [-0.4, -0.2) is 22.8 Å². The van der Waals surface area contributed by atoms with Gasteiger partial charge >= 0.3 is 0 Å². The van der Waals surface area contributed by atoms with E-state index in [2.05, 4.69) is 15.9 Å². The van der Waals surface area contributed by atoms with Crippen LogP contribution in [0.4, 0.5) is 0 Å². The molecule has 0 aliphatic carbocycles. The molecule has 0 aromatic heterocycles. The van der Waals surface area contributed by atoms with Crippen LogP contribution in [0.5, 0.6) is 0 Å². The van der Waals surface area contributed by atoms with Gasteiger partial charge in [-0.05, 0) is 0 Å². The lowest BCUT2D eigenvalue weighted by Crippen LogP contribution is -2.07. The number of aliphatic hydroxyl groups is 1. The summed E-state index contributed by atoms with van der Waals surface area (Å²) in [6, 6.07) is 0. The van der Waals surface area contributed by atoms with E-state index in [1.54, 1.807) is 0 Å². The van der Waals surface area contributed by atoms with Gasteiger partial charge in [-0.2, -0.15) is 0 Å². The molecule has 0 saturated carbocycles. The molecular formula is C3H4BrO2. The first-order valence-electron chi connectivity index (χ1n) is 1.43. The average molecular weight is 152 g/mol. The highest BCUT2D eigenvalue weighted by molar-refractivity contribution is 9.09. The van der Waals surface area contributed by atoms with Crippen molar-refractivity contribution in [3.05, 3.63) is 0 Å². The van der Waals surface area contributed by atoms with Crippen LogP contribution in [0.25, 0.3) is 0 Å². The predicted molar refractivity (Wildman–Crippen MR) is 25.5 cm³/mol. The fourth-order valence-electron chi connectivity index (χ4n) is 0.0315. The monoisotopic (exact) mass is 151 g/mol. The maximum absolute atomic E-state index is 9.33. The summed E-state index contributed by atoms with van der Waals surface area (Å²) in [5.41, 5.74) is 0. The smallest absolute Gasteiger partial charge is 0.230 e. The molecule has 3 heteroatoms. The number of halogens is 1. The van der Waals surface area contributed by atoms with Gasteiger partial charge in [0.15, 0.2) is 0 Å². The quantitative estimate of drug-likeness (QED) is 0.558. The highest BCUT2D eigenvalue weighted by atomic mass is 79.9. The second kappa shape index (κ2) is 3.31. The number of hydrogen-bond acceptors (Lipinski definition) is 2. The standard InChI is InChI=1S/C3H4BrO2/c4-1-3(6)2-5/h3,6H,1H2. The van der Waals surface area contributed by atoms with E-state index in [0.29, 0.717) is 0 Å². The first-order chi connectivity index (χ1) is 2.81. The lowest BCUT2D eigenvalue weighted by molar-refractivity contribution is 0.260. The molecule has 1 N–H and O–H groups in total. The van der Waals surface area contributed by atoms with Crippen molar-refractivity contribution in [1.82, 2.24) is 0 Å². The van der Waals surface area contributed by atoms with Gasteiger partial charge in [0, 0.05) is 5.33 Å². The van der Waals surface area contributed by atoms with Gasteiger partial charge in [0.25, 0.3) is 0 Å². The third-order valence-electron chi connectivity index (χ3n) is 0.282. The highest BCUT2D eigenvalue weighted by Gasteiger charge is 1.94. The van der Waals surface area contributed by atoms with Gasteiger partial charge in [-0.1, -0.05) is 15.9 Å². The van der Waals surface area contributed by atoms with Gasteiger partial charge in [0.1, 0.15) is 6.10 Å². The zero-order valence-corrected chi connectivity index (χ0v) is 4.60. The highest BCUT2D eigenvalue weighted by Crippen LogP contribution is 1.82. The minimum Gasteiger partial charge on any atom is -0.384 e. The molecule has 0 heterocycles. The van der Waals surface area contributed by atoms with Crippen molar-refractivity contribution >= 4 is 22.2 Å². The fourth-order valence-corrected chi connectivity index (χ4v) is 0.164. The van der Waals surface area contributed by atoms with Crippen molar-refractivity contribution in [3.63, 3.8) is 0 Å². The Morgan fingerprint density at radius 2 is 2.50 bits per heavy atom. The minimum atomic E-state index is -0.954. The molecule has 0 aliphatic heterocycles. The second-order valence-corrected chi connectivity index (χ2v) is 1.44. The molecular weight excluding hydrogens is 148 g/mol. The van der Waals surface area contributed by atoms with Crippen LogP contribution in [0, 0.1) is 0 Å². The van der Waals surface area contributed by atoms with E-state index >= 15 is 0 Å². The molecule has 0 bridgehead atoms. The molecule has 0 saturated heterocycles. The van der Waals surface area contributed by atoms with E-state index in [4.69, 9.17) is 5.11 Å². The van der Waals surface area contributed by atoms with Crippen LogP contribution in [0.15, 0.2) is 0 Å². The summed E-state index contributed by atoms with van der Waals surface area (Å²) in [4.78, 5) is 9.33. The number of alkyl halides is 1. The molecule has 0 spiro atoms. The van der Waals surface area contributed by atoms with E-state index < -0.39 is 6.10 Å². The van der Waals surface area contributed by atoms with Gasteiger partial charge in [0.05, 0.1) is 0 Å². The molecule has 0 fully saturated rings. The Bertz CT molecular complexity index is 46.1. The lowest BCUT2D eigenvalue weighted by atomic mass is 10.5.